The highest BCUT2D eigenvalue weighted by molar-refractivity contribution is 6.30. The first kappa shape index (κ1) is 23.5. The van der Waals surface area contributed by atoms with Gasteiger partial charge in [-0.2, -0.15) is 0 Å². The first-order valence-electron chi connectivity index (χ1n) is 12.7. The monoisotopic (exact) mass is 506 g/mol. The van der Waals surface area contributed by atoms with Crippen LogP contribution in [0.5, 0.6) is 0 Å². The number of hydrogen-bond donors (Lipinski definition) is 0. The molecular weight excluding hydrogens is 476 g/mol. The molecule has 3 aromatic rings. The minimum Gasteiger partial charge on any atom is -0.444 e. The second kappa shape index (κ2) is 8.60. The lowest BCUT2D eigenvalue weighted by atomic mass is 9.74. The number of rotatable bonds is 1. The molecule has 1 spiro atoms. The molecule has 8 heteroatoms. The van der Waals surface area contributed by atoms with Gasteiger partial charge in [-0.25, -0.2) is 4.79 Å². The zero-order valence-corrected chi connectivity index (χ0v) is 21.7. The Balaban J connectivity index is 1.32. The van der Waals surface area contributed by atoms with Crippen molar-refractivity contribution < 1.29 is 14.3 Å². The van der Waals surface area contributed by atoms with Crippen LogP contribution in [0.15, 0.2) is 42.5 Å². The summed E-state index contributed by atoms with van der Waals surface area (Å²) in [5, 5.41) is 9.87. The summed E-state index contributed by atoms with van der Waals surface area (Å²) in [5.74, 6) is 1.94. The number of nitrogens with zero attached hydrogens (tertiary/aromatic N) is 4. The van der Waals surface area contributed by atoms with Gasteiger partial charge in [0.2, 0.25) is 0 Å². The third-order valence-corrected chi connectivity index (χ3v) is 7.79. The summed E-state index contributed by atoms with van der Waals surface area (Å²) in [5.41, 5.74) is 3.81. The summed E-state index contributed by atoms with van der Waals surface area (Å²) in [6.07, 6.45) is 3.46. The molecule has 6 rings (SSSR count). The lowest BCUT2D eigenvalue weighted by Crippen LogP contribution is -2.35. The highest BCUT2D eigenvalue weighted by Gasteiger charge is 2.44. The molecule has 0 bridgehead atoms. The molecule has 0 N–H and O–H groups in total. The van der Waals surface area contributed by atoms with E-state index in [0.717, 1.165) is 48.6 Å². The van der Waals surface area contributed by atoms with Gasteiger partial charge in [-0.15, -0.1) is 10.2 Å². The van der Waals surface area contributed by atoms with Crippen LogP contribution in [0.3, 0.4) is 0 Å². The Morgan fingerprint density at radius 1 is 1.08 bits per heavy atom. The number of hydrogen-bond acceptors (Lipinski definition) is 5. The number of fused-ring (bicyclic) bond motifs is 5. The van der Waals surface area contributed by atoms with Gasteiger partial charge < -0.3 is 9.47 Å². The maximum absolute atomic E-state index is 13.0. The van der Waals surface area contributed by atoms with Crippen molar-refractivity contribution in [2.75, 3.05) is 0 Å². The van der Waals surface area contributed by atoms with Crippen LogP contribution in [-0.4, -0.2) is 31.4 Å². The van der Waals surface area contributed by atoms with Crippen molar-refractivity contribution in [2.24, 2.45) is 0 Å². The number of carbonyl (C=O) groups is 1. The average molecular weight is 507 g/mol. The third kappa shape index (κ3) is 4.08. The van der Waals surface area contributed by atoms with Crippen molar-refractivity contribution in [2.45, 2.75) is 83.3 Å². The average Bonchev–Trinajstić information content (AvgIpc) is 3.36. The van der Waals surface area contributed by atoms with Crippen molar-refractivity contribution in [3.05, 3.63) is 75.8 Å². The molecule has 1 saturated carbocycles. The normalized spacial score (nSPS) is 23.1. The fourth-order valence-corrected chi connectivity index (χ4v) is 6.08. The zero-order chi connectivity index (χ0) is 25.1. The number of amides is 1. The molecule has 7 nitrogen and oxygen atoms in total. The molecule has 0 saturated heterocycles. The summed E-state index contributed by atoms with van der Waals surface area (Å²) < 4.78 is 14.2. The maximum atomic E-state index is 13.0. The lowest BCUT2D eigenvalue weighted by molar-refractivity contribution is -0.0674. The molecule has 0 radical (unpaired) electrons. The quantitative estimate of drug-likeness (QED) is 0.390. The first-order chi connectivity index (χ1) is 17.2. The molecule has 2 aliphatic heterocycles. The summed E-state index contributed by atoms with van der Waals surface area (Å²) in [4.78, 5) is 14.7. The van der Waals surface area contributed by atoms with Gasteiger partial charge in [0.25, 0.3) is 0 Å². The Kier molecular flexibility index (Phi) is 5.61. The van der Waals surface area contributed by atoms with E-state index in [0.29, 0.717) is 24.7 Å². The predicted molar refractivity (Wildman–Crippen MR) is 136 cm³/mol. The topological polar surface area (TPSA) is 69.5 Å². The van der Waals surface area contributed by atoms with Crippen LogP contribution >= 0.6 is 11.6 Å². The molecule has 3 aliphatic rings. The Morgan fingerprint density at radius 2 is 1.86 bits per heavy atom. The number of aromatic nitrogens is 3. The van der Waals surface area contributed by atoms with Crippen molar-refractivity contribution in [1.82, 2.24) is 19.7 Å². The van der Waals surface area contributed by atoms with Gasteiger partial charge >= 0.3 is 6.09 Å². The highest BCUT2D eigenvalue weighted by Crippen LogP contribution is 2.50. The molecule has 1 fully saturated rings. The molecule has 0 unspecified atom stereocenters. The summed E-state index contributed by atoms with van der Waals surface area (Å²) in [7, 11) is 0. The van der Waals surface area contributed by atoms with E-state index in [1.807, 2.05) is 39.0 Å². The van der Waals surface area contributed by atoms with Crippen LogP contribution in [0.25, 0.3) is 5.69 Å². The molecule has 188 valence electrons. The summed E-state index contributed by atoms with van der Waals surface area (Å²) in [6.45, 7) is 7.02. The zero-order valence-electron chi connectivity index (χ0n) is 21.0. The van der Waals surface area contributed by atoms with Crippen LogP contribution in [0, 0.1) is 0 Å². The van der Waals surface area contributed by atoms with Crippen molar-refractivity contribution in [1.29, 1.82) is 0 Å². The number of ether oxygens (including phenoxy) is 2. The minimum atomic E-state index is -0.585. The van der Waals surface area contributed by atoms with Crippen LogP contribution in [0.1, 0.15) is 80.7 Å². The van der Waals surface area contributed by atoms with Crippen molar-refractivity contribution >= 4 is 17.7 Å². The van der Waals surface area contributed by atoms with Crippen molar-refractivity contribution in [3.8, 4) is 5.69 Å². The van der Waals surface area contributed by atoms with E-state index in [-0.39, 0.29) is 17.6 Å². The molecule has 0 atom stereocenters. The fourth-order valence-electron chi connectivity index (χ4n) is 5.89. The maximum Gasteiger partial charge on any atom is 0.411 e. The van der Waals surface area contributed by atoms with E-state index in [9.17, 15) is 4.79 Å². The van der Waals surface area contributed by atoms with Crippen LogP contribution < -0.4 is 0 Å². The minimum absolute atomic E-state index is 0.187. The van der Waals surface area contributed by atoms with Gasteiger partial charge in [0.1, 0.15) is 11.4 Å². The Bertz CT molecular complexity index is 1320. The standard InChI is InChI=1S/C28H31ClN4O3/c1-27(2,3)36-26(34)32-15-20-14-21(29)8-9-23(20)33-24(16-32)30-31-25(33)18-10-12-28(13-11-18)22-7-5-4-6-19(22)17-35-28/h4-9,14,18H,10-13,15-17H2,1-3H3/t18-,28+. The van der Waals surface area contributed by atoms with E-state index in [4.69, 9.17) is 21.1 Å². The van der Waals surface area contributed by atoms with Gasteiger partial charge in [0.05, 0.1) is 31.0 Å². The highest BCUT2D eigenvalue weighted by atomic mass is 35.5. The van der Waals surface area contributed by atoms with Gasteiger partial charge in [0, 0.05) is 10.9 Å². The predicted octanol–water partition coefficient (Wildman–Crippen LogP) is 6.25. The molecule has 2 aromatic carbocycles. The van der Waals surface area contributed by atoms with E-state index in [1.165, 1.54) is 11.1 Å². The Labute approximate surface area is 216 Å². The molecule has 1 amide bonds. The summed E-state index contributed by atoms with van der Waals surface area (Å²) >= 11 is 6.37. The number of benzene rings is 2. The fraction of sp³-hybridized carbons (Fsp3) is 0.464. The number of halogens is 1. The SMILES string of the molecule is CC(C)(C)OC(=O)N1Cc2cc(Cl)ccc2-n2c(nnc2[C@H]2CC[C@]3(CC2)OCc2ccccc23)C1. The van der Waals surface area contributed by atoms with Gasteiger partial charge in [-0.05, 0) is 81.3 Å². The number of carbonyl (C=O) groups excluding carboxylic acids is 1. The van der Waals surface area contributed by atoms with Crippen LogP contribution in [0.4, 0.5) is 4.79 Å². The molecule has 1 aromatic heterocycles. The third-order valence-electron chi connectivity index (χ3n) is 7.55. The Morgan fingerprint density at radius 3 is 2.64 bits per heavy atom. The second-order valence-electron chi connectivity index (χ2n) is 11.1. The largest absolute Gasteiger partial charge is 0.444 e. The smallest absolute Gasteiger partial charge is 0.411 e. The molecule has 1 aliphatic carbocycles. The van der Waals surface area contributed by atoms with Gasteiger partial charge in [0.15, 0.2) is 5.82 Å². The van der Waals surface area contributed by atoms with E-state index < -0.39 is 5.60 Å². The van der Waals surface area contributed by atoms with Crippen LogP contribution in [0.2, 0.25) is 5.02 Å². The summed E-state index contributed by atoms with van der Waals surface area (Å²) in [6, 6.07) is 14.4. The lowest BCUT2D eigenvalue weighted by Gasteiger charge is -2.37. The second-order valence-corrected chi connectivity index (χ2v) is 11.6. The Hall–Kier alpha value is -2.90. The molecule has 36 heavy (non-hydrogen) atoms. The van der Waals surface area contributed by atoms with Gasteiger partial charge in [-0.1, -0.05) is 35.9 Å². The molecule has 3 heterocycles. The van der Waals surface area contributed by atoms with E-state index in [1.54, 1.807) is 4.90 Å². The van der Waals surface area contributed by atoms with Crippen LogP contribution in [-0.2, 0) is 34.8 Å². The van der Waals surface area contributed by atoms with E-state index >= 15 is 0 Å². The van der Waals surface area contributed by atoms with E-state index in [2.05, 4.69) is 39.0 Å². The first-order valence-corrected chi connectivity index (χ1v) is 13.0. The molecular formula is C28H31ClN4O3. The van der Waals surface area contributed by atoms with Gasteiger partial charge in [-0.3, -0.25) is 9.47 Å². The van der Waals surface area contributed by atoms with Crippen molar-refractivity contribution in [3.63, 3.8) is 0 Å².